The summed E-state index contributed by atoms with van der Waals surface area (Å²) in [5.41, 5.74) is 1.04. The maximum atomic E-state index is 14.8. The van der Waals surface area contributed by atoms with E-state index < -0.39 is 11.6 Å². The van der Waals surface area contributed by atoms with Gasteiger partial charge in [-0.05, 0) is 78.9 Å². The topological polar surface area (TPSA) is 9.23 Å². The van der Waals surface area contributed by atoms with E-state index in [0.29, 0.717) is 11.3 Å². The van der Waals surface area contributed by atoms with Crippen LogP contribution in [0.5, 0.6) is 5.75 Å². The number of hydrogen-bond donors (Lipinski definition) is 0. The number of methoxy groups -OCH3 is 1. The summed E-state index contributed by atoms with van der Waals surface area (Å²) >= 11 is 0. The number of rotatable bonds is 4. The van der Waals surface area contributed by atoms with Gasteiger partial charge >= 0.3 is 0 Å². The maximum Gasteiger partial charge on any atom is 0.175 e. The van der Waals surface area contributed by atoms with E-state index in [1.165, 1.54) is 45.6 Å². The van der Waals surface area contributed by atoms with Crippen molar-refractivity contribution in [3.63, 3.8) is 0 Å². The largest absolute Gasteiger partial charge is 0.494 e. The van der Waals surface area contributed by atoms with E-state index in [1.807, 2.05) is 6.07 Å². The first kappa shape index (κ1) is 18.7. The first-order valence-electron chi connectivity index (χ1n) is 10.6. The summed E-state index contributed by atoms with van der Waals surface area (Å²) in [4.78, 5) is 0. The quantitative estimate of drug-likeness (QED) is 0.550. The second kappa shape index (κ2) is 7.77. The molecule has 0 bridgehead atoms. The van der Waals surface area contributed by atoms with Gasteiger partial charge in [0.2, 0.25) is 0 Å². The Morgan fingerprint density at radius 2 is 1.78 bits per heavy atom. The Hall–Kier alpha value is -1.64. The molecule has 0 amide bonds. The summed E-state index contributed by atoms with van der Waals surface area (Å²) in [6.07, 6.45) is 10.3. The summed E-state index contributed by atoms with van der Waals surface area (Å²) in [7, 11) is 1.41. The Morgan fingerprint density at radius 1 is 1.00 bits per heavy atom. The summed E-state index contributed by atoms with van der Waals surface area (Å²) in [6, 6.07) is 6.92. The van der Waals surface area contributed by atoms with E-state index in [4.69, 9.17) is 4.74 Å². The Kier molecular flexibility index (Phi) is 5.39. The Balaban J connectivity index is 1.55. The highest BCUT2D eigenvalue weighted by atomic mass is 19.1. The van der Waals surface area contributed by atoms with E-state index >= 15 is 0 Å². The van der Waals surface area contributed by atoms with Gasteiger partial charge in [-0.3, -0.25) is 0 Å². The third-order valence-corrected chi connectivity index (χ3v) is 7.10. The predicted molar refractivity (Wildman–Crippen MR) is 106 cm³/mol. The lowest BCUT2D eigenvalue weighted by molar-refractivity contribution is 0.114. The highest BCUT2D eigenvalue weighted by molar-refractivity contribution is 5.86. The normalized spacial score (nSPS) is 28.1. The summed E-state index contributed by atoms with van der Waals surface area (Å²) in [5.74, 6) is 1.99. The molecule has 2 aliphatic rings. The van der Waals surface area contributed by atoms with Crippen molar-refractivity contribution in [2.75, 3.05) is 7.11 Å². The Labute approximate surface area is 161 Å². The molecule has 2 aromatic carbocycles. The second-order valence-electron chi connectivity index (χ2n) is 8.68. The van der Waals surface area contributed by atoms with Crippen molar-refractivity contribution in [1.82, 2.24) is 0 Å². The van der Waals surface area contributed by atoms with Crippen LogP contribution in [-0.4, -0.2) is 7.11 Å². The molecule has 2 saturated carbocycles. The van der Waals surface area contributed by atoms with Crippen molar-refractivity contribution in [3.8, 4) is 5.75 Å². The van der Waals surface area contributed by atoms with E-state index in [0.717, 1.165) is 36.2 Å². The van der Waals surface area contributed by atoms with Crippen LogP contribution in [0, 0.1) is 29.4 Å². The highest BCUT2D eigenvalue weighted by Crippen LogP contribution is 2.48. The molecular weight excluding hydrogens is 342 g/mol. The van der Waals surface area contributed by atoms with Gasteiger partial charge in [0.25, 0.3) is 0 Å². The Bertz CT molecular complexity index is 816. The standard InChI is InChI=1S/C24H30F2O/c1-3-4-15-5-6-17-12-18(8-7-16(17)11-15)20-13-19-9-10-22(27-2)24(26)23(19)21(25)14-20/h9-10,13-18H,3-8,11-12H2,1-2H3/t15?,16-,17?,18-/m1/s1. The monoisotopic (exact) mass is 372 g/mol. The molecule has 0 heterocycles. The zero-order valence-corrected chi connectivity index (χ0v) is 16.4. The van der Waals surface area contributed by atoms with Crippen LogP contribution in [0.1, 0.15) is 69.8 Å². The summed E-state index contributed by atoms with van der Waals surface area (Å²) < 4.78 is 34.2. The van der Waals surface area contributed by atoms with Crippen molar-refractivity contribution in [2.45, 2.75) is 64.2 Å². The van der Waals surface area contributed by atoms with Crippen LogP contribution in [-0.2, 0) is 0 Å². The van der Waals surface area contributed by atoms with Crippen LogP contribution in [0.25, 0.3) is 10.8 Å². The molecule has 4 atom stereocenters. The van der Waals surface area contributed by atoms with Crippen LogP contribution in [0.2, 0.25) is 0 Å². The third kappa shape index (κ3) is 3.58. The average molecular weight is 372 g/mol. The number of fused-ring (bicyclic) bond motifs is 2. The number of benzene rings is 2. The van der Waals surface area contributed by atoms with Gasteiger partial charge in [-0.15, -0.1) is 0 Å². The first-order chi connectivity index (χ1) is 13.1. The number of hydrogen-bond acceptors (Lipinski definition) is 1. The molecule has 2 aromatic rings. The van der Waals surface area contributed by atoms with E-state index in [2.05, 4.69) is 6.92 Å². The first-order valence-corrected chi connectivity index (χ1v) is 10.6. The Morgan fingerprint density at radius 3 is 2.56 bits per heavy atom. The molecule has 2 unspecified atom stereocenters. The number of halogens is 2. The molecule has 2 fully saturated rings. The molecule has 4 rings (SSSR count). The zero-order chi connectivity index (χ0) is 19.0. The molecule has 3 heteroatoms. The van der Waals surface area contributed by atoms with Gasteiger partial charge in [0.05, 0.1) is 12.5 Å². The fourth-order valence-electron chi connectivity index (χ4n) is 5.73. The molecule has 2 aliphatic carbocycles. The molecule has 0 spiro atoms. The zero-order valence-electron chi connectivity index (χ0n) is 16.4. The van der Waals surface area contributed by atoms with Crippen LogP contribution >= 0.6 is 0 Å². The third-order valence-electron chi connectivity index (χ3n) is 7.10. The summed E-state index contributed by atoms with van der Waals surface area (Å²) in [6.45, 7) is 2.29. The second-order valence-corrected chi connectivity index (χ2v) is 8.68. The molecule has 0 aromatic heterocycles. The van der Waals surface area contributed by atoms with Crippen molar-refractivity contribution in [3.05, 3.63) is 41.5 Å². The lowest BCUT2D eigenvalue weighted by atomic mass is 9.63. The summed E-state index contributed by atoms with van der Waals surface area (Å²) in [5, 5.41) is 0.684. The van der Waals surface area contributed by atoms with Crippen molar-refractivity contribution in [2.24, 2.45) is 17.8 Å². The van der Waals surface area contributed by atoms with Crippen LogP contribution in [0.3, 0.4) is 0 Å². The highest BCUT2D eigenvalue weighted by Gasteiger charge is 2.36. The van der Waals surface area contributed by atoms with Crippen molar-refractivity contribution < 1.29 is 13.5 Å². The van der Waals surface area contributed by atoms with Crippen LogP contribution in [0.15, 0.2) is 24.3 Å². The minimum Gasteiger partial charge on any atom is -0.494 e. The maximum absolute atomic E-state index is 14.8. The molecule has 1 nitrogen and oxygen atoms in total. The average Bonchev–Trinajstić information content (AvgIpc) is 2.67. The number of ether oxygens (including phenoxy) is 1. The smallest absolute Gasteiger partial charge is 0.175 e. The van der Waals surface area contributed by atoms with Crippen LogP contribution < -0.4 is 4.74 Å². The SMILES string of the molecule is CCCC1CCC2C[C@H](c3cc(F)c4c(F)c(OC)ccc4c3)CC[C@@H]2C1. The van der Waals surface area contributed by atoms with Gasteiger partial charge in [0, 0.05) is 0 Å². The van der Waals surface area contributed by atoms with Gasteiger partial charge in [0.1, 0.15) is 5.82 Å². The minimum absolute atomic E-state index is 0.0480. The predicted octanol–water partition coefficient (Wildman–Crippen LogP) is 7.23. The molecule has 0 N–H and O–H groups in total. The van der Waals surface area contributed by atoms with Gasteiger partial charge in [-0.2, -0.15) is 0 Å². The van der Waals surface area contributed by atoms with Gasteiger partial charge in [-0.25, -0.2) is 8.78 Å². The fraction of sp³-hybridized carbons (Fsp3) is 0.583. The van der Waals surface area contributed by atoms with Crippen molar-refractivity contribution in [1.29, 1.82) is 0 Å². The van der Waals surface area contributed by atoms with Crippen LogP contribution in [0.4, 0.5) is 8.78 Å². The van der Waals surface area contributed by atoms with Crippen molar-refractivity contribution >= 4 is 10.8 Å². The van der Waals surface area contributed by atoms with E-state index in [9.17, 15) is 8.78 Å². The molecule has 0 radical (unpaired) electrons. The molecule has 0 saturated heterocycles. The molecule has 146 valence electrons. The lowest BCUT2D eigenvalue weighted by Gasteiger charge is -2.42. The molecule has 0 aliphatic heterocycles. The van der Waals surface area contributed by atoms with Gasteiger partial charge in [0.15, 0.2) is 11.6 Å². The van der Waals surface area contributed by atoms with E-state index in [1.54, 1.807) is 18.2 Å². The molecule has 27 heavy (non-hydrogen) atoms. The minimum atomic E-state index is -0.600. The fourth-order valence-corrected chi connectivity index (χ4v) is 5.73. The van der Waals surface area contributed by atoms with Gasteiger partial charge in [-0.1, -0.05) is 38.3 Å². The molecular formula is C24H30F2O. The lowest BCUT2D eigenvalue weighted by Crippen LogP contribution is -2.30. The van der Waals surface area contributed by atoms with E-state index in [-0.39, 0.29) is 11.1 Å². The van der Waals surface area contributed by atoms with Gasteiger partial charge < -0.3 is 4.74 Å².